The number of amides is 3. The highest BCUT2D eigenvalue weighted by molar-refractivity contribution is 6.31. The van der Waals surface area contributed by atoms with Crippen LogP contribution in [0.1, 0.15) is 15.9 Å². The number of ether oxygens (including phenoxy) is 1. The molecule has 3 amide bonds. The van der Waals surface area contributed by atoms with E-state index in [1.165, 1.54) is 32.9 Å². The van der Waals surface area contributed by atoms with Gasteiger partial charge in [-0.1, -0.05) is 23.7 Å². The molecule has 0 radical (unpaired) electrons. The molecule has 7 nitrogen and oxygen atoms in total. The molecule has 33 heavy (non-hydrogen) atoms. The molecule has 2 heterocycles. The van der Waals surface area contributed by atoms with E-state index < -0.39 is 29.1 Å². The number of carbonyl (C=O) groups excluding carboxylic acids is 3. The third-order valence-corrected chi connectivity index (χ3v) is 5.77. The number of fused-ring (bicyclic) bond motifs is 1. The largest absolute Gasteiger partial charge is 0.482 e. The molecule has 0 atom stereocenters. The van der Waals surface area contributed by atoms with Crippen molar-refractivity contribution in [2.45, 2.75) is 6.18 Å². The van der Waals surface area contributed by atoms with Gasteiger partial charge in [-0.05, 0) is 30.3 Å². The normalized spacial score (nSPS) is 16.4. The number of halogens is 4. The van der Waals surface area contributed by atoms with E-state index in [1.54, 1.807) is 12.1 Å². The van der Waals surface area contributed by atoms with Crippen LogP contribution in [0.4, 0.5) is 18.9 Å². The molecule has 2 aromatic carbocycles. The Balaban J connectivity index is 1.41. The van der Waals surface area contributed by atoms with Crippen LogP contribution in [0, 0.1) is 0 Å². The van der Waals surface area contributed by atoms with Gasteiger partial charge in [-0.3, -0.25) is 19.3 Å². The average Bonchev–Trinajstić information content (AvgIpc) is 2.80. The molecule has 1 fully saturated rings. The quantitative estimate of drug-likeness (QED) is 0.675. The van der Waals surface area contributed by atoms with Crippen molar-refractivity contribution in [1.29, 1.82) is 0 Å². The second-order valence-electron chi connectivity index (χ2n) is 7.60. The van der Waals surface area contributed by atoms with E-state index in [2.05, 4.69) is 0 Å². The van der Waals surface area contributed by atoms with E-state index in [0.29, 0.717) is 16.5 Å². The van der Waals surface area contributed by atoms with Gasteiger partial charge in [-0.25, -0.2) is 0 Å². The summed E-state index contributed by atoms with van der Waals surface area (Å²) >= 11 is 6.01. The Bertz CT molecular complexity index is 1100. The Kier molecular flexibility index (Phi) is 6.20. The number of carbonyl (C=O) groups is 3. The van der Waals surface area contributed by atoms with Gasteiger partial charge in [0.15, 0.2) is 6.61 Å². The summed E-state index contributed by atoms with van der Waals surface area (Å²) in [5.41, 5.74) is -1.02. The number of benzene rings is 2. The molecule has 2 aliphatic heterocycles. The fourth-order valence-corrected chi connectivity index (χ4v) is 4.00. The molecule has 11 heteroatoms. The van der Waals surface area contributed by atoms with Crippen LogP contribution in [0.15, 0.2) is 42.5 Å². The van der Waals surface area contributed by atoms with Gasteiger partial charge >= 0.3 is 6.18 Å². The predicted octanol–water partition coefficient (Wildman–Crippen LogP) is 3.07. The lowest BCUT2D eigenvalue weighted by atomic mass is 10.1. The second-order valence-corrected chi connectivity index (χ2v) is 8.03. The maximum atomic E-state index is 13.3. The van der Waals surface area contributed by atoms with Crippen LogP contribution in [0.2, 0.25) is 5.02 Å². The van der Waals surface area contributed by atoms with Crippen LogP contribution >= 0.6 is 11.6 Å². The van der Waals surface area contributed by atoms with Gasteiger partial charge < -0.3 is 14.5 Å². The first-order valence-corrected chi connectivity index (χ1v) is 10.5. The van der Waals surface area contributed by atoms with Crippen molar-refractivity contribution in [3.63, 3.8) is 0 Å². The number of piperazine rings is 1. The average molecular weight is 482 g/mol. The van der Waals surface area contributed by atoms with Gasteiger partial charge in [0, 0.05) is 31.2 Å². The van der Waals surface area contributed by atoms with E-state index in [-0.39, 0.29) is 45.2 Å². The molecule has 0 unspecified atom stereocenters. The number of anilines is 1. The van der Waals surface area contributed by atoms with Crippen LogP contribution in [0.3, 0.4) is 0 Å². The highest BCUT2D eigenvalue weighted by Gasteiger charge is 2.37. The monoisotopic (exact) mass is 481 g/mol. The standard InChI is InChI=1S/C22H19ClF3N3O4/c23-14-5-6-18-17(11-14)29(20(31)13-33-18)12-19(30)27-7-9-28(10-8-27)21(32)15-3-1-2-4-16(15)22(24,25)26/h1-6,11H,7-10,12-13H2. The van der Waals surface area contributed by atoms with E-state index in [0.717, 1.165) is 12.1 Å². The minimum absolute atomic E-state index is 0.0796. The third kappa shape index (κ3) is 4.75. The molecule has 0 aliphatic carbocycles. The predicted molar refractivity (Wildman–Crippen MR) is 113 cm³/mol. The fraction of sp³-hybridized carbons (Fsp3) is 0.318. The van der Waals surface area contributed by atoms with Crippen LogP contribution in [-0.2, 0) is 15.8 Å². The molecular formula is C22H19ClF3N3O4. The maximum Gasteiger partial charge on any atom is 0.417 e. The molecule has 4 rings (SSSR count). The lowest BCUT2D eigenvalue weighted by Crippen LogP contribution is -2.54. The van der Waals surface area contributed by atoms with Gasteiger partial charge in [-0.15, -0.1) is 0 Å². The number of hydrogen-bond donors (Lipinski definition) is 0. The Morgan fingerprint density at radius 3 is 2.36 bits per heavy atom. The number of nitrogens with zero attached hydrogens (tertiary/aromatic N) is 3. The first-order chi connectivity index (χ1) is 15.6. The highest BCUT2D eigenvalue weighted by Crippen LogP contribution is 2.35. The van der Waals surface area contributed by atoms with Crippen LogP contribution in [0.25, 0.3) is 0 Å². The lowest BCUT2D eigenvalue weighted by Gasteiger charge is -2.37. The molecule has 0 N–H and O–H groups in total. The summed E-state index contributed by atoms with van der Waals surface area (Å²) in [4.78, 5) is 42.0. The van der Waals surface area contributed by atoms with Crippen molar-refractivity contribution in [3.05, 3.63) is 58.6 Å². The van der Waals surface area contributed by atoms with E-state index >= 15 is 0 Å². The topological polar surface area (TPSA) is 70.2 Å². The summed E-state index contributed by atoms with van der Waals surface area (Å²) in [7, 11) is 0. The van der Waals surface area contributed by atoms with Crippen molar-refractivity contribution in [3.8, 4) is 5.75 Å². The van der Waals surface area contributed by atoms with Crippen LogP contribution < -0.4 is 9.64 Å². The molecular weight excluding hydrogens is 463 g/mol. The molecule has 0 spiro atoms. The van der Waals surface area contributed by atoms with Crippen molar-refractivity contribution >= 4 is 35.0 Å². The van der Waals surface area contributed by atoms with Gasteiger partial charge in [0.25, 0.3) is 11.8 Å². The second kappa shape index (κ2) is 8.93. The van der Waals surface area contributed by atoms with Crippen molar-refractivity contribution in [1.82, 2.24) is 9.80 Å². The van der Waals surface area contributed by atoms with Gasteiger partial charge in [0.1, 0.15) is 12.3 Å². The number of hydrogen-bond acceptors (Lipinski definition) is 4. The Morgan fingerprint density at radius 1 is 1.00 bits per heavy atom. The zero-order valence-electron chi connectivity index (χ0n) is 17.3. The van der Waals surface area contributed by atoms with Crippen LogP contribution in [-0.4, -0.2) is 66.9 Å². The zero-order valence-corrected chi connectivity index (χ0v) is 18.0. The molecule has 2 aliphatic rings. The summed E-state index contributed by atoms with van der Waals surface area (Å²) in [5, 5.41) is 0.385. The van der Waals surface area contributed by atoms with Crippen LogP contribution in [0.5, 0.6) is 5.75 Å². The van der Waals surface area contributed by atoms with Crippen molar-refractivity contribution < 1.29 is 32.3 Å². The van der Waals surface area contributed by atoms with Crippen molar-refractivity contribution in [2.24, 2.45) is 0 Å². The third-order valence-electron chi connectivity index (χ3n) is 5.54. The summed E-state index contributed by atoms with van der Waals surface area (Å²) in [6.07, 6.45) is -4.64. The first kappa shape index (κ1) is 22.9. The summed E-state index contributed by atoms with van der Waals surface area (Å²) in [6, 6.07) is 9.40. The SMILES string of the molecule is O=C(CN1C(=O)COc2ccc(Cl)cc21)N1CCN(C(=O)c2ccccc2C(F)(F)F)CC1. The molecule has 2 aromatic rings. The summed E-state index contributed by atoms with van der Waals surface area (Å²) in [6.45, 7) is -0.00491. The van der Waals surface area contributed by atoms with E-state index in [9.17, 15) is 27.6 Å². The molecule has 174 valence electrons. The number of alkyl halides is 3. The molecule has 0 aromatic heterocycles. The first-order valence-electron chi connectivity index (χ1n) is 10.1. The summed E-state index contributed by atoms with van der Waals surface area (Å²) < 4.78 is 45.1. The summed E-state index contributed by atoms with van der Waals surface area (Å²) in [5.74, 6) is -1.04. The maximum absolute atomic E-state index is 13.3. The van der Waals surface area contributed by atoms with Gasteiger partial charge in [0.05, 0.1) is 16.8 Å². The number of rotatable bonds is 3. The molecule has 1 saturated heterocycles. The minimum Gasteiger partial charge on any atom is -0.482 e. The Morgan fingerprint density at radius 2 is 1.67 bits per heavy atom. The minimum atomic E-state index is -4.64. The van der Waals surface area contributed by atoms with E-state index in [4.69, 9.17) is 16.3 Å². The Hall–Kier alpha value is -3.27. The lowest BCUT2D eigenvalue weighted by molar-refractivity contribution is -0.138. The van der Waals surface area contributed by atoms with E-state index in [1.807, 2.05) is 0 Å². The molecule has 0 saturated carbocycles. The smallest absolute Gasteiger partial charge is 0.417 e. The van der Waals surface area contributed by atoms with Crippen molar-refractivity contribution in [2.75, 3.05) is 44.2 Å². The fourth-order valence-electron chi connectivity index (χ4n) is 3.83. The highest BCUT2D eigenvalue weighted by atomic mass is 35.5. The van der Waals surface area contributed by atoms with Gasteiger partial charge in [0.2, 0.25) is 5.91 Å². The Labute approximate surface area is 192 Å². The zero-order chi connectivity index (χ0) is 23.8. The molecule has 0 bridgehead atoms. The van der Waals surface area contributed by atoms with Gasteiger partial charge in [-0.2, -0.15) is 13.2 Å².